The summed E-state index contributed by atoms with van der Waals surface area (Å²) in [7, 11) is 0.371. The monoisotopic (exact) mass is 399 g/mol. The molecule has 0 saturated heterocycles. The Morgan fingerprint density at radius 1 is 1.19 bits per heavy atom. The Balaban J connectivity index is 0.00000243. The summed E-state index contributed by atoms with van der Waals surface area (Å²) in [5.74, 6) is 1.06. The number of rotatable bonds is 8. The van der Waals surface area contributed by atoms with Gasteiger partial charge in [-0.1, -0.05) is 12.1 Å². The molecule has 1 aromatic carbocycles. The second-order valence-electron chi connectivity index (χ2n) is 5.62. The van der Waals surface area contributed by atoms with E-state index in [9.17, 15) is 4.21 Å². The van der Waals surface area contributed by atoms with Gasteiger partial charge in [0.05, 0.1) is 39.9 Å². The summed E-state index contributed by atoms with van der Waals surface area (Å²) in [6, 6.07) is 9.47. The molecule has 26 heavy (non-hydrogen) atoms. The zero-order valence-corrected chi connectivity index (χ0v) is 18.1. The number of pyridine rings is 1. The van der Waals surface area contributed by atoms with Crippen LogP contribution in [-0.4, -0.2) is 77.2 Å². The Bertz CT molecular complexity index is 852. The quantitative estimate of drug-likeness (QED) is 0.465. The molecule has 0 spiro atoms. The van der Waals surface area contributed by atoms with E-state index in [4.69, 9.17) is 9.47 Å². The van der Waals surface area contributed by atoms with Gasteiger partial charge in [-0.25, -0.2) is 4.98 Å². The number of H-pyrrole nitrogens is 1. The number of benzene rings is 1. The maximum atomic E-state index is 12.7. The summed E-state index contributed by atoms with van der Waals surface area (Å²) >= 11 is 0. The van der Waals surface area contributed by atoms with Crippen molar-refractivity contribution in [1.29, 1.82) is 0 Å². The predicted molar refractivity (Wildman–Crippen MR) is 103 cm³/mol. The molecule has 0 bridgehead atoms. The van der Waals surface area contributed by atoms with Crippen LogP contribution in [0.5, 0.6) is 5.75 Å². The number of para-hydroxylation sites is 2. The average molecular weight is 400 g/mol. The van der Waals surface area contributed by atoms with Crippen LogP contribution in [0.3, 0.4) is 0 Å². The normalized spacial score (nSPS) is 11.9. The van der Waals surface area contributed by atoms with E-state index in [-0.39, 0.29) is 37.7 Å². The van der Waals surface area contributed by atoms with E-state index >= 15 is 0 Å². The molecule has 3 aromatic rings. The van der Waals surface area contributed by atoms with Crippen LogP contribution in [0.15, 0.2) is 41.7 Å². The zero-order chi connectivity index (χ0) is 17.6. The summed E-state index contributed by atoms with van der Waals surface area (Å²) in [5, 5.41) is 0.466. The van der Waals surface area contributed by atoms with Crippen molar-refractivity contribution < 1.29 is 13.7 Å². The molecule has 2 radical (unpaired) electrons. The van der Waals surface area contributed by atoms with Gasteiger partial charge in [0.25, 0.3) is 0 Å². The second-order valence-corrected chi connectivity index (χ2v) is 6.99. The third-order valence-corrected chi connectivity index (χ3v) is 5.02. The van der Waals surface area contributed by atoms with E-state index in [2.05, 4.69) is 15.0 Å². The average Bonchev–Trinajstić information content (AvgIpc) is 3.06. The molecule has 0 saturated carbocycles. The molecule has 6 nitrogen and oxygen atoms in total. The molecule has 1 atom stereocenters. The minimum Gasteiger partial charge on any atom is -0.493 e. The summed E-state index contributed by atoms with van der Waals surface area (Å²) in [5.41, 5.74) is 3.35. The fourth-order valence-corrected chi connectivity index (χ4v) is 3.58. The fourth-order valence-electron chi connectivity index (χ4n) is 2.48. The number of ether oxygens (including phenoxy) is 2. The number of imidazole rings is 1. The van der Waals surface area contributed by atoms with Gasteiger partial charge in [0.15, 0.2) is 5.16 Å². The Labute approximate surface area is 185 Å². The largest absolute Gasteiger partial charge is 0.493 e. The van der Waals surface area contributed by atoms with E-state index in [0.29, 0.717) is 24.1 Å². The summed E-state index contributed by atoms with van der Waals surface area (Å²) in [6.07, 6.45) is 2.50. The van der Waals surface area contributed by atoms with Gasteiger partial charge in [0, 0.05) is 69.6 Å². The minimum absolute atomic E-state index is 0. The summed E-state index contributed by atoms with van der Waals surface area (Å²) in [6.45, 7) is 3.17. The van der Waals surface area contributed by atoms with E-state index < -0.39 is 10.8 Å². The van der Waals surface area contributed by atoms with Crippen molar-refractivity contribution in [3.8, 4) is 5.75 Å². The van der Waals surface area contributed by atoms with Crippen molar-refractivity contribution in [3.05, 3.63) is 47.8 Å². The van der Waals surface area contributed by atoms with Crippen LogP contribution in [0.25, 0.3) is 11.0 Å². The maximum absolute atomic E-state index is 12.7. The zero-order valence-electron chi connectivity index (χ0n) is 15.0. The first-order valence-corrected chi connectivity index (χ1v) is 9.40. The number of fused-ring (bicyclic) bond motifs is 1. The third kappa shape index (κ3) is 5.27. The van der Waals surface area contributed by atoms with Gasteiger partial charge < -0.3 is 14.5 Å². The topological polar surface area (TPSA) is 77.1 Å². The smallest absolute Gasteiger partial charge is 0.197 e. The van der Waals surface area contributed by atoms with E-state index in [1.165, 1.54) is 0 Å². The molecule has 1 N–H and O–H groups in total. The van der Waals surface area contributed by atoms with Crippen LogP contribution in [0.1, 0.15) is 17.7 Å². The molecule has 0 fully saturated rings. The van der Waals surface area contributed by atoms with E-state index in [0.717, 1.165) is 34.5 Å². The summed E-state index contributed by atoms with van der Waals surface area (Å²) < 4.78 is 23.5. The first kappa shape index (κ1) is 21.3. The first-order chi connectivity index (χ1) is 12.2. The van der Waals surface area contributed by atoms with Crippen molar-refractivity contribution in [2.24, 2.45) is 0 Å². The SMILES string of the molecule is COCCCOc1ccnc(CS(=O)c2nc3ccccc3[nH]2)c1C.[Ca]. The minimum atomic E-state index is -1.30. The fraction of sp³-hybridized carbons (Fsp3) is 0.333. The van der Waals surface area contributed by atoms with E-state index in [1.807, 2.05) is 37.3 Å². The van der Waals surface area contributed by atoms with Crippen molar-refractivity contribution in [1.82, 2.24) is 15.0 Å². The molecule has 3 rings (SSSR count). The Morgan fingerprint density at radius 2 is 2.00 bits per heavy atom. The third-order valence-electron chi connectivity index (χ3n) is 3.86. The van der Waals surface area contributed by atoms with Gasteiger partial charge in [-0.3, -0.25) is 9.19 Å². The number of aromatic amines is 1. The van der Waals surface area contributed by atoms with Crippen LogP contribution in [0, 0.1) is 6.92 Å². The molecular formula is C18H21CaN3O3S. The number of methoxy groups -OCH3 is 1. The predicted octanol–water partition coefficient (Wildman–Crippen LogP) is 2.61. The Morgan fingerprint density at radius 3 is 2.77 bits per heavy atom. The molecule has 0 aliphatic rings. The number of nitrogens with zero attached hydrogens (tertiary/aromatic N) is 2. The van der Waals surface area contributed by atoms with Gasteiger partial charge in [0.2, 0.25) is 0 Å². The number of aromatic nitrogens is 3. The first-order valence-electron chi connectivity index (χ1n) is 8.08. The second kappa shape index (κ2) is 10.4. The number of hydrogen-bond donors (Lipinski definition) is 1. The van der Waals surface area contributed by atoms with Crippen LogP contribution >= 0.6 is 0 Å². The van der Waals surface area contributed by atoms with Crippen molar-refractivity contribution >= 4 is 59.6 Å². The molecule has 0 aliphatic carbocycles. The van der Waals surface area contributed by atoms with Gasteiger partial charge in [-0.2, -0.15) is 0 Å². The molecule has 0 aliphatic heterocycles. The van der Waals surface area contributed by atoms with Crippen LogP contribution in [0.4, 0.5) is 0 Å². The molecule has 1 unspecified atom stereocenters. The molecule has 134 valence electrons. The van der Waals surface area contributed by atoms with E-state index in [1.54, 1.807) is 13.3 Å². The van der Waals surface area contributed by atoms with Gasteiger partial charge in [0.1, 0.15) is 5.75 Å². The van der Waals surface area contributed by atoms with Crippen LogP contribution in [0.2, 0.25) is 0 Å². The van der Waals surface area contributed by atoms with Gasteiger partial charge in [-0.15, -0.1) is 0 Å². The summed E-state index contributed by atoms with van der Waals surface area (Å²) in [4.78, 5) is 11.9. The molecule has 2 aromatic heterocycles. The van der Waals surface area contributed by atoms with Crippen molar-refractivity contribution in [2.75, 3.05) is 20.3 Å². The van der Waals surface area contributed by atoms with Crippen molar-refractivity contribution in [2.45, 2.75) is 24.3 Å². The molecule has 2 heterocycles. The maximum Gasteiger partial charge on any atom is 0.197 e. The van der Waals surface area contributed by atoms with Crippen LogP contribution < -0.4 is 4.74 Å². The number of nitrogens with one attached hydrogen (secondary N) is 1. The van der Waals surface area contributed by atoms with Crippen LogP contribution in [-0.2, 0) is 21.3 Å². The van der Waals surface area contributed by atoms with Gasteiger partial charge in [-0.05, 0) is 25.1 Å². The molecule has 8 heteroatoms. The number of hydrogen-bond acceptors (Lipinski definition) is 5. The molecule has 0 amide bonds. The van der Waals surface area contributed by atoms with Crippen molar-refractivity contribution in [3.63, 3.8) is 0 Å². The Hall–Kier alpha value is -0.990. The Kier molecular flexibility index (Phi) is 8.50. The molecular weight excluding hydrogens is 378 g/mol. The standard InChI is InChI=1S/C18H21N3O3S.Ca/c1-13-16(19-9-8-17(13)24-11-5-10-23-2)12-25(22)18-20-14-6-3-4-7-15(14)21-18;/h3-4,6-9H,5,10-12H2,1-2H3,(H,20,21);. The van der Waals surface area contributed by atoms with Gasteiger partial charge >= 0.3 is 0 Å².